The maximum Gasteiger partial charge on any atom is 0.240 e. The molecule has 0 aliphatic carbocycles. The summed E-state index contributed by atoms with van der Waals surface area (Å²) >= 11 is 2.76. The number of carbonyl (C=O) groups is 1. The van der Waals surface area contributed by atoms with E-state index in [1.165, 1.54) is 30.8 Å². The van der Waals surface area contributed by atoms with Crippen LogP contribution in [0.2, 0.25) is 0 Å². The predicted octanol–water partition coefficient (Wildman–Crippen LogP) is 4.38. The van der Waals surface area contributed by atoms with E-state index in [1.54, 1.807) is 15.8 Å². The maximum absolute atomic E-state index is 12.1. The summed E-state index contributed by atoms with van der Waals surface area (Å²) in [4.78, 5) is 14.0. The van der Waals surface area contributed by atoms with Crippen molar-refractivity contribution in [3.8, 4) is 11.5 Å². The first-order chi connectivity index (χ1) is 11.4. The molecule has 4 nitrogen and oxygen atoms in total. The van der Waals surface area contributed by atoms with Crippen LogP contribution in [0.4, 0.5) is 0 Å². The Morgan fingerprint density at radius 1 is 0.917 bits per heavy atom. The Kier molecular flexibility index (Phi) is 4.69. The summed E-state index contributed by atoms with van der Waals surface area (Å²) in [7, 11) is 0. The van der Waals surface area contributed by atoms with E-state index in [-0.39, 0.29) is 17.4 Å². The molecular weight excluding hydrogens is 342 g/mol. The van der Waals surface area contributed by atoms with Gasteiger partial charge in [-0.3, -0.25) is 4.79 Å². The Labute approximate surface area is 150 Å². The summed E-state index contributed by atoms with van der Waals surface area (Å²) in [5.74, 6) is 0.479. The average molecular weight is 361 g/mol. The van der Waals surface area contributed by atoms with Crippen molar-refractivity contribution in [3.63, 3.8) is 0 Å². The number of benzene rings is 2. The first-order valence-electron chi connectivity index (χ1n) is 7.68. The Bertz CT molecular complexity index is 759. The number of hydrogen-bond acceptors (Lipinski definition) is 5. The highest BCUT2D eigenvalue weighted by Gasteiger charge is 2.23. The lowest BCUT2D eigenvalue weighted by Gasteiger charge is -2.20. The Morgan fingerprint density at radius 3 is 1.71 bits per heavy atom. The molecule has 24 heavy (non-hydrogen) atoms. The van der Waals surface area contributed by atoms with E-state index in [0.717, 1.165) is 44.9 Å². The molecule has 0 radical (unpaired) electrons. The molecule has 2 aromatic rings. The third-order valence-electron chi connectivity index (χ3n) is 4.30. The fourth-order valence-electron chi connectivity index (χ4n) is 2.81. The van der Waals surface area contributed by atoms with Crippen LogP contribution in [0.5, 0.6) is 11.5 Å². The summed E-state index contributed by atoms with van der Waals surface area (Å²) < 4.78 is 1.65. The zero-order chi connectivity index (χ0) is 17.4. The highest BCUT2D eigenvalue weighted by molar-refractivity contribution is 8.12. The van der Waals surface area contributed by atoms with Crippen molar-refractivity contribution in [1.82, 2.24) is 3.71 Å². The van der Waals surface area contributed by atoms with Crippen molar-refractivity contribution < 1.29 is 15.0 Å². The van der Waals surface area contributed by atoms with Gasteiger partial charge in [0.05, 0.1) is 0 Å². The lowest BCUT2D eigenvalue weighted by Crippen LogP contribution is -2.13. The third-order valence-corrected chi connectivity index (χ3v) is 6.75. The highest BCUT2D eigenvalue weighted by Crippen LogP contribution is 2.43. The molecule has 0 spiro atoms. The third kappa shape index (κ3) is 3.08. The molecule has 1 aliphatic heterocycles. The lowest BCUT2D eigenvalue weighted by atomic mass is 9.97. The summed E-state index contributed by atoms with van der Waals surface area (Å²) in [5, 5.41) is 20.1. The molecule has 6 heteroatoms. The highest BCUT2D eigenvalue weighted by atomic mass is 32.2. The van der Waals surface area contributed by atoms with Crippen molar-refractivity contribution in [3.05, 3.63) is 46.5 Å². The molecule has 1 heterocycles. The Balaban J connectivity index is 2.15. The van der Waals surface area contributed by atoms with E-state index < -0.39 is 0 Å². The van der Waals surface area contributed by atoms with Crippen molar-refractivity contribution in [2.75, 3.05) is 0 Å². The van der Waals surface area contributed by atoms with Crippen LogP contribution in [-0.2, 0) is 17.6 Å². The smallest absolute Gasteiger partial charge is 0.240 e. The summed E-state index contributed by atoms with van der Waals surface area (Å²) in [6.45, 7) is 5.33. The van der Waals surface area contributed by atoms with Crippen LogP contribution in [0.1, 0.15) is 29.2 Å². The monoisotopic (exact) mass is 361 g/mol. The molecule has 0 unspecified atom stereocenters. The number of phenolic OH excluding ortho intramolecular Hbond substituents is 2. The fraction of sp³-hybridized carbons (Fsp3) is 0.278. The van der Waals surface area contributed by atoms with Gasteiger partial charge in [0.2, 0.25) is 5.91 Å². The second-order valence-electron chi connectivity index (χ2n) is 5.83. The quantitative estimate of drug-likeness (QED) is 0.682. The normalized spacial score (nSPS) is 14.2. The van der Waals surface area contributed by atoms with Gasteiger partial charge in [0.1, 0.15) is 11.5 Å². The van der Waals surface area contributed by atoms with Gasteiger partial charge in [-0.1, -0.05) is 0 Å². The Morgan fingerprint density at radius 2 is 1.33 bits per heavy atom. The van der Waals surface area contributed by atoms with Gasteiger partial charge in [-0.15, -0.1) is 0 Å². The second-order valence-corrected chi connectivity index (χ2v) is 8.04. The molecule has 2 aromatic carbocycles. The molecule has 1 aliphatic rings. The molecule has 0 fully saturated rings. The average Bonchev–Trinajstić information content (AvgIpc) is 2.62. The van der Waals surface area contributed by atoms with E-state index in [2.05, 4.69) is 0 Å². The van der Waals surface area contributed by atoms with Gasteiger partial charge in [0.25, 0.3) is 0 Å². The molecule has 0 bridgehead atoms. The number of nitrogens with zero attached hydrogens (tertiary/aromatic N) is 1. The molecule has 3 rings (SSSR count). The lowest BCUT2D eigenvalue weighted by molar-refractivity contribution is -0.120. The van der Waals surface area contributed by atoms with E-state index in [9.17, 15) is 15.0 Å². The number of phenols is 2. The minimum absolute atomic E-state index is 0.0553. The van der Waals surface area contributed by atoms with Crippen LogP contribution in [0.25, 0.3) is 0 Å². The van der Waals surface area contributed by atoms with Crippen LogP contribution in [0, 0.1) is 13.8 Å². The van der Waals surface area contributed by atoms with Gasteiger partial charge in [-0.05, 0) is 73.2 Å². The van der Waals surface area contributed by atoms with Crippen molar-refractivity contribution in [2.45, 2.75) is 43.4 Å². The van der Waals surface area contributed by atoms with E-state index in [4.69, 9.17) is 0 Å². The zero-order valence-electron chi connectivity index (χ0n) is 13.8. The predicted molar refractivity (Wildman–Crippen MR) is 97.3 cm³/mol. The summed E-state index contributed by atoms with van der Waals surface area (Å²) in [5.41, 5.74) is 3.77. The molecule has 0 atom stereocenters. The standard InChI is InChI=1S/C18H19NO3S2/c1-10-13-4-5-14-11(2)16(22)7-9-18(14)24-19(12(3)20)23-17(13)8-6-15(10)21/h6-9,21-22H,4-5H2,1-3H3. The van der Waals surface area contributed by atoms with Crippen LogP contribution in [-0.4, -0.2) is 19.8 Å². The van der Waals surface area contributed by atoms with Gasteiger partial charge in [-0.2, -0.15) is 0 Å². The molecular formula is C18H19NO3S2. The Hall–Kier alpha value is -1.79. The van der Waals surface area contributed by atoms with Gasteiger partial charge in [0, 0.05) is 40.6 Å². The number of amides is 1. The molecule has 0 saturated carbocycles. The largest absolute Gasteiger partial charge is 0.508 e. The van der Waals surface area contributed by atoms with Crippen molar-refractivity contribution >= 4 is 29.8 Å². The second kappa shape index (κ2) is 6.61. The number of fused-ring (bicyclic) bond motifs is 2. The summed E-state index contributed by atoms with van der Waals surface area (Å²) in [6.07, 6.45) is 1.48. The van der Waals surface area contributed by atoms with Crippen LogP contribution in [0.3, 0.4) is 0 Å². The topological polar surface area (TPSA) is 60.8 Å². The number of hydrogen-bond donors (Lipinski definition) is 2. The van der Waals surface area contributed by atoms with E-state index in [1.807, 2.05) is 26.0 Å². The maximum atomic E-state index is 12.1. The van der Waals surface area contributed by atoms with Crippen LogP contribution >= 0.6 is 23.9 Å². The minimum atomic E-state index is -0.0553. The van der Waals surface area contributed by atoms with Gasteiger partial charge < -0.3 is 10.2 Å². The van der Waals surface area contributed by atoms with Gasteiger partial charge in [-0.25, -0.2) is 3.71 Å². The summed E-state index contributed by atoms with van der Waals surface area (Å²) in [6, 6.07) is 7.07. The van der Waals surface area contributed by atoms with Crippen LogP contribution < -0.4 is 0 Å². The van der Waals surface area contributed by atoms with Crippen LogP contribution in [0.15, 0.2) is 34.1 Å². The van der Waals surface area contributed by atoms with E-state index >= 15 is 0 Å². The minimum Gasteiger partial charge on any atom is -0.508 e. The van der Waals surface area contributed by atoms with Gasteiger partial charge in [0.15, 0.2) is 0 Å². The fourth-order valence-corrected chi connectivity index (χ4v) is 5.04. The number of aromatic hydroxyl groups is 2. The number of rotatable bonds is 0. The number of carbonyl (C=O) groups excluding carboxylic acids is 1. The van der Waals surface area contributed by atoms with Crippen molar-refractivity contribution in [1.29, 1.82) is 0 Å². The molecule has 2 N–H and O–H groups in total. The SMILES string of the molecule is CC(=O)N1Sc2ccc(O)c(C)c2CCc2c(ccc(O)c2C)S1. The first-order valence-corrected chi connectivity index (χ1v) is 9.22. The molecule has 0 aromatic heterocycles. The zero-order valence-corrected chi connectivity index (χ0v) is 15.4. The first kappa shape index (κ1) is 17.0. The van der Waals surface area contributed by atoms with E-state index in [0.29, 0.717) is 0 Å². The molecule has 1 amide bonds. The van der Waals surface area contributed by atoms with Crippen molar-refractivity contribution in [2.24, 2.45) is 0 Å². The molecule has 0 saturated heterocycles. The van der Waals surface area contributed by atoms with Gasteiger partial charge >= 0.3 is 0 Å². The molecule has 126 valence electrons.